The molecule has 0 spiro atoms. The number of halogens is 1. The molecule has 0 amide bonds. The second-order valence-electron chi connectivity index (χ2n) is 6.91. The number of rotatable bonds is 9. The Bertz CT molecular complexity index is 782. The lowest BCUT2D eigenvalue weighted by Crippen LogP contribution is -2.43. The Labute approximate surface area is 172 Å². The molecule has 1 heterocycles. The Hall–Kier alpha value is -1.91. The highest BCUT2D eigenvalue weighted by Gasteiger charge is 2.18. The SMILES string of the molecule is CN=C(NCCS(=O)(=O)NCC1CCCCO1)NC(C)c1ccc(OC)c(F)c1. The summed E-state index contributed by atoms with van der Waals surface area (Å²) in [5.41, 5.74) is 0.716. The third-order valence-electron chi connectivity index (χ3n) is 4.72. The van der Waals surface area contributed by atoms with E-state index >= 15 is 0 Å². The van der Waals surface area contributed by atoms with Crippen molar-refractivity contribution in [2.45, 2.75) is 38.3 Å². The first-order valence-electron chi connectivity index (χ1n) is 9.74. The third kappa shape index (κ3) is 7.79. The predicted molar refractivity (Wildman–Crippen MR) is 111 cm³/mol. The summed E-state index contributed by atoms with van der Waals surface area (Å²) in [6.45, 7) is 3.03. The number of methoxy groups -OCH3 is 1. The summed E-state index contributed by atoms with van der Waals surface area (Å²) in [5.74, 6) is 0.0754. The van der Waals surface area contributed by atoms with Crippen molar-refractivity contribution >= 4 is 16.0 Å². The Morgan fingerprint density at radius 3 is 2.83 bits per heavy atom. The first-order valence-corrected chi connectivity index (χ1v) is 11.4. The zero-order valence-corrected chi connectivity index (χ0v) is 18.0. The maximum absolute atomic E-state index is 13.9. The van der Waals surface area contributed by atoms with Gasteiger partial charge in [0, 0.05) is 26.7 Å². The van der Waals surface area contributed by atoms with E-state index in [0.29, 0.717) is 24.7 Å². The molecule has 1 aliphatic rings. The third-order valence-corrected chi connectivity index (χ3v) is 6.07. The molecular formula is C19H31FN4O4S. The van der Waals surface area contributed by atoms with E-state index in [-0.39, 0.29) is 30.2 Å². The van der Waals surface area contributed by atoms with Gasteiger partial charge >= 0.3 is 0 Å². The van der Waals surface area contributed by atoms with Gasteiger partial charge in [-0.1, -0.05) is 6.07 Å². The van der Waals surface area contributed by atoms with Crippen LogP contribution in [-0.2, 0) is 14.8 Å². The molecule has 8 nitrogen and oxygen atoms in total. The van der Waals surface area contributed by atoms with Crippen molar-refractivity contribution in [3.05, 3.63) is 29.6 Å². The Morgan fingerprint density at radius 2 is 2.21 bits per heavy atom. The van der Waals surface area contributed by atoms with Crippen LogP contribution < -0.4 is 20.1 Å². The zero-order valence-electron chi connectivity index (χ0n) is 17.2. The minimum Gasteiger partial charge on any atom is -0.494 e. The van der Waals surface area contributed by atoms with Gasteiger partial charge in [-0.25, -0.2) is 17.5 Å². The largest absolute Gasteiger partial charge is 0.494 e. The van der Waals surface area contributed by atoms with E-state index in [1.807, 2.05) is 6.92 Å². The van der Waals surface area contributed by atoms with Gasteiger partial charge in [-0.3, -0.25) is 4.99 Å². The first-order chi connectivity index (χ1) is 13.8. The van der Waals surface area contributed by atoms with Gasteiger partial charge in [0.1, 0.15) is 0 Å². The molecule has 0 radical (unpaired) electrons. The molecule has 3 N–H and O–H groups in total. The smallest absolute Gasteiger partial charge is 0.213 e. The number of hydrogen-bond donors (Lipinski definition) is 3. The van der Waals surface area contributed by atoms with E-state index in [9.17, 15) is 12.8 Å². The van der Waals surface area contributed by atoms with Crippen LogP contribution >= 0.6 is 0 Å². The summed E-state index contributed by atoms with van der Waals surface area (Å²) >= 11 is 0. The molecule has 0 aromatic heterocycles. The fraction of sp³-hybridized carbons (Fsp3) is 0.632. The van der Waals surface area contributed by atoms with E-state index < -0.39 is 15.8 Å². The average molecular weight is 431 g/mol. The van der Waals surface area contributed by atoms with Gasteiger partial charge in [-0.2, -0.15) is 0 Å². The molecule has 2 unspecified atom stereocenters. The molecule has 1 saturated heterocycles. The number of benzene rings is 1. The molecule has 2 rings (SSSR count). The summed E-state index contributed by atoms with van der Waals surface area (Å²) in [7, 11) is -0.417. The molecule has 0 saturated carbocycles. The van der Waals surface area contributed by atoms with Crippen LogP contribution in [-0.4, -0.2) is 60.1 Å². The highest BCUT2D eigenvalue weighted by Crippen LogP contribution is 2.21. The maximum Gasteiger partial charge on any atom is 0.213 e. The number of nitrogens with one attached hydrogen (secondary N) is 3. The van der Waals surface area contributed by atoms with Gasteiger partial charge in [0.05, 0.1) is 25.0 Å². The standard InChI is InChI=1S/C19H31FN4O4S/c1-14(15-7-8-18(27-3)17(20)12-15)24-19(21-2)22-9-11-29(25,26)23-13-16-6-4-5-10-28-16/h7-8,12,14,16,23H,4-6,9-11,13H2,1-3H3,(H2,21,22,24). The number of aliphatic imine (C=N–C) groups is 1. The molecule has 0 aliphatic carbocycles. The number of ether oxygens (including phenoxy) is 2. The van der Waals surface area contributed by atoms with Gasteiger partial charge in [0.15, 0.2) is 17.5 Å². The predicted octanol–water partition coefficient (Wildman–Crippen LogP) is 1.55. The highest BCUT2D eigenvalue weighted by molar-refractivity contribution is 7.89. The van der Waals surface area contributed by atoms with Gasteiger partial charge in [0.25, 0.3) is 0 Å². The minimum atomic E-state index is -3.42. The summed E-state index contributed by atoms with van der Waals surface area (Å²) in [5, 5.41) is 6.09. The number of sulfonamides is 1. The van der Waals surface area contributed by atoms with Crippen molar-refractivity contribution in [1.82, 2.24) is 15.4 Å². The molecule has 1 aromatic rings. The molecular weight excluding hydrogens is 399 g/mol. The van der Waals surface area contributed by atoms with Gasteiger partial charge < -0.3 is 20.1 Å². The second kappa shape index (κ2) is 11.3. The van der Waals surface area contributed by atoms with Gasteiger partial charge in [0.2, 0.25) is 10.0 Å². The Morgan fingerprint density at radius 1 is 1.41 bits per heavy atom. The number of hydrogen-bond acceptors (Lipinski definition) is 5. The van der Waals surface area contributed by atoms with Crippen LogP contribution in [0.2, 0.25) is 0 Å². The quantitative estimate of drug-likeness (QED) is 0.406. The summed E-state index contributed by atoms with van der Waals surface area (Å²) in [6.07, 6.45) is 2.92. The lowest BCUT2D eigenvalue weighted by Gasteiger charge is -2.22. The highest BCUT2D eigenvalue weighted by atomic mass is 32.2. The van der Waals surface area contributed by atoms with Crippen LogP contribution in [0.5, 0.6) is 5.75 Å². The Balaban J connectivity index is 1.78. The van der Waals surface area contributed by atoms with Gasteiger partial charge in [-0.05, 0) is 43.9 Å². The summed E-state index contributed by atoms with van der Waals surface area (Å²) in [6, 6.07) is 4.48. The maximum atomic E-state index is 13.9. The first kappa shape index (κ1) is 23.4. The van der Waals surface area contributed by atoms with Crippen LogP contribution in [0, 0.1) is 5.82 Å². The van der Waals surface area contributed by atoms with E-state index in [0.717, 1.165) is 19.3 Å². The van der Waals surface area contributed by atoms with E-state index in [1.165, 1.54) is 13.2 Å². The second-order valence-corrected chi connectivity index (χ2v) is 8.84. The summed E-state index contributed by atoms with van der Waals surface area (Å²) < 4.78 is 51.3. The van der Waals surface area contributed by atoms with Crippen molar-refractivity contribution in [2.24, 2.45) is 4.99 Å². The van der Waals surface area contributed by atoms with Gasteiger partial charge in [-0.15, -0.1) is 0 Å². The molecule has 1 aromatic carbocycles. The van der Waals surface area contributed by atoms with Crippen LogP contribution in [0.1, 0.15) is 37.8 Å². The fourth-order valence-corrected chi connectivity index (χ4v) is 3.95. The lowest BCUT2D eigenvalue weighted by atomic mass is 10.1. The van der Waals surface area contributed by atoms with E-state index in [2.05, 4.69) is 20.3 Å². The Kier molecular flexibility index (Phi) is 9.12. The molecule has 0 bridgehead atoms. The minimum absolute atomic E-state index is 0.0494. The lowest BCUT2D eigenvalue weighted by molar-refractivity contribution is 0.0200. The molecule has 10 heteroatoms. The zero-order chi connectivity index (χ0) is 21.3. The van der Waals surface area contributed by atoms with Crippen molar-refractivity contribution in [3.8, 4) is 5.75 Å². The normalized spacial score (nSPS) is 18.9. The monoisotopic (exact) mass is 430 g/mol. The van der Waals surface area contributed by atoms with E-state index in [4.69, 9.17) is 9.47 Å². The topological polar surface area (TPSA) is 101 Å². The van der Waals surface area contributed by atoms with Crippen molar-refractivity contribution in [3.63, 3.8) is 0 Å². The number of nitrogens with zero attached hydrogens (tertiary/aromatic N) is 1. The van der Waals surface area contributed by atoms with Crippen LogP contribution in [0.15, 0.2) is 23.2 Å². The molecule has 1 aliphatic heterocycles. The summed E-state index contributed by atoms with van der Waals surface area (Å²) in [4.78, 5) is 4.09. The molecule has 1 fully saturated rings. The average Bonchev–Trinajstić information content (AvgIpc) is 2.72. The fourth-order valence-electron chi connectivity index (χ4n) is 3.00. The molecule has 164 valence electrons. The molecule has 29 heavy (non-hydrogen) atoms. The van der Waals surface area contributed by atoms with Crippen molar-refractivity contribution in [2.75, 3.05) is 39.6 Å². The molecule has 2 atom stereocenters. The van der Waals surface area contributed by atoms with Crippen LogP contribution in [0.4, 0.5) is 4.39 Å². The van der Waals surface area contributed by atoms with Crippen LogP contribution in [0.25, 0.3) is 0 Å². The van der Waals surface area contributed by atoms with Crippen molar-refractivity contribution in [1.29, 1.82) is 0 Å². The van der Waals surface area contributed by atoms with E-state index in [1.54, 1.807) is 19.2 Å². The number of guanidine groups is 1. The van der Waals surface area contributed by atoms with Crippen molar-refractivity contribution < 1.29 is 22.3 Å². The van der Waals surface area contributed by atoms with Crippen LogP contribution in [0.3, 0.4) is 0 Å².